The summed E-state index contributed by atoms with van der Waals surface area (Å²) >= 11 is 0. The number of para-hydroxylation sites is 1. The Morgan fingerprint density at radius 2 is 2.05 bits per heavy atom. The van der Waals surface area contributed by atoms with Crippen molar-refractivity contribution >= 4 is 10.0 Å². The van der Waals surface area contributed by atoms with Crippen LogP contribution in [0.25, 0.3) is 0 Å². The lowest BCUT2D eigenvalue weighted by molar-refractivity contribution is -0.0517. The highest BCUT2D eigenvalue weighted by atomic mass is 32.2. The Hall–Kier alpha value is -1.25. The van der Waals surface area contributed by atoms with Gasteiger partial charge in [0.25, 0.3) is 0 Å². The van der Waals surface area contributed by atoms with Crippen LogP contribution in [0.5, 0.6) is 5.75 Å². The number of rotatable bonds is 6. The van der Waals surface area contributed by atoms with E-state index in [1.807, 2.05) is 0 Å². The highest BCUT2D eigenvalue weighted by Crippen LogP contribution is 2.29. The fourth-order valence-electron chi connectivity index (χ4n) is 2.60. The Morgan fingerprint density at radius 3 is 2.71 bits per heavy atom. The fourth-order valence-corrected chi connectivity index (χ4v) is 4.08. The number of sulfonamides is 1. The van der Waals surface area contributed by atoms with Crippen LogP contribution in [0.2, 0.25) is 0 Å². The number of hydrogen-bond donors (Lipinski definition) is 2. The molecule has 2 atom stereocenters. The Kier molecular flexibility index (Phi) is 5.13. The smallest absolute Gasteiger partial charge is 0.387 e. The summed E-state index contributed by atoms with van der Waals surface area (Å²) in [6.45, 7) is -2.69. The maximum Gasteiger partial charge on any atom is 0.387 e. The van der Waals surface area contributed by atoms with Gasteiger partial charge in [-0.15, -0.1) is 0 Å². The van der Waals surface area contributed by atoms with Crippen LogP contribution in [0.15, 0.2) is 29.2 Å². The largest absolute Gasteiger partial charge is 0.433 e. The highest BCUT2D eigenvalue weighted by Gasteiger charge is 2.31. The van der Waals surface area contributed by atoms with E-state index in [0.29, 0.717) is 13.0 Å². The molecule has 0 aromatic heterocycles. The molecule has 1 aliphatic rings. The first-order chi connectivity index (χ1) is 9.94. The summed E-state index contributed by atoms with van der Waals surface area (Å²) in [5.41, 5.74) is 5.62. The molecule has 1 aromatic carbocycles. The van der Waals surface area contributed by atoms with Gasteiger partial charge < -0.3 is 10.5 Å². The van der Waals surface area contributed by atoms with E-state index in [4.69, 9.17) is 5.73 Å². The van der Waals surface area contributed by atoms with E-state index in [1.54, 1.807) is 0 Å². The molecule has 0 spiro atoms. The lowest BCUT2D eigenvalue weighted by Gasteiger charge is -2.20. The van der Waals surface area contributed by atoms with Gasteiger partial charge in [-0.1, -0.05) is 18.6 Å². The van der Waals surface area contributed by atoms with Crippen molar-refractivity contribution in [3.8, 4) is 5.75 Å². The van der Waals surface area contributed by atoms with Crippen molar-refractivity contribution in [3.63, 3.8) is 0 Å². The van der Waals surface area contributed by atoms with Crippen molar-refractivity contribution in [2.45, 2.75) is 36.8 Å². The number of nitrogens with one attached hydrogen (secondary N) is 1. The van der Waals surface area contributed by atoms with E-state index in [9.17, 15) is 17.2 Å². The second kappa shape index (κ2) is 6.67. The number of nitrogens with two attached hydrogens (primary N) is 1. The molecule has 0 saturated heterocycles. The van der Waals surface area contributed by atoms with Crippen LogP contribution in [-0.4, -0.2) is 27.6 Å². The van der Waals surface area contributed by atoms with Crippen molar-refractivity contribution in [3.05, 3.63) is 24.3 Å². The van der Waals surface area contributed by atoms with Gasteiger partial charge in [-0.05, 0) is 37.4 Å². The molecule has 2 rings (SSSR count). The van der Waals surface area contributed by atoms with Crippen LogP contribution in [0, 0.1) is 5.92 Å². The molecular formula is C13H18F2N2O3S. The topological polar surface area (TPSA) is 81.4 Å². The number of alkyl halides is 2. The van der Waals surface area contributed by atoms with Gasteiger partial charge in [-0.25, -0.2) is 13.1 Å². The Balaban J connectivity index is 2.23. The predicted octanol–water partition coefficient (Wildman–Crippen LogP) is 1.69. The first-order valence-corrected chi connectivity index (χ1v) is 8.18. The van der Waals surface area contributed by atoms with Crippen LogP contribution in [0.1, 0.15) is 19.3 Å². The predicted molar refractivity (Wildman–Crippen MR) is 73.6 cm³/mol. The first-order valence-electron chi connectivity index (χ1n) is 6.70. The lowest BCUT2D eigenvalue weighted by Crippen LogP contribution is -2.39. The Bertz CT molecular complexity index is 581. The Morgan fingerprint density at radius 1 is 1.33 bits per heavy atom. The first kappa shape index (κ1) is 16.1. The van der Waals surface area contributed by atoms with Crippen LogP contribution in [0.4, 0.5) is 8.78 Å². The van der Waals surface area contributed by atoms with Gasteiger partial charge >= 0.3 is 6.61 Å². The summed E-state index contributed by atoms with van der Waals surface area (Å²) in [7, 11) is -3.93. The number of benzene rings is 1. The van der Waals surface area contributed by atoms with E-state index in [2.05, 4.69) is 9.46 Å². The third-order valence-electron chi connectivity index (χ3n) is 3.62. The molecule has 1 saturated carbocycles. The van der Waals surface area contributed by atoms with Gasteiger partial charge in [0.15, 0.2) is 0 Å². The highest BCUT2D eigenvalue weighted by molar-refractivity contribution is 7.89. The van der Waals surface area contributed by atoms with Gasteiger partial charge in [-0.2, -0.15) is 8.78 Å². The molecule has 1 aliphatic carbocycles. The zero-order valence-electron chi connectivity index (χ0n) is 11.3. The molecular weight excluding hydrogens is 302 g/mol. The molecule has 5 nitrogen and oxygen atoms in total. The fraction of sp³-hybridized carbons (Fsp3) is 0.538. The third-order valence-corrected chi connectivity index (χ3v) is 5.15. The molecule has 0 amide bonds. The molecule has 0 aliphatic heterocycles. The molecule has 118 valence electrons. The van der Waals surface area contributed by atoms with Gasteiger partial charge in [0.1, 0.15) is 10.6 Å². The molecule has 8 heteroatoms. The van der Waals surface area contributed by atoms with Crippen molar-refractivity contribution in [2.24, 2.45) is 11.7 Å². The lowest BCUT2D eigenvalue weighted by atomic mass is 10.1. The van der Waals surface area contributed by atoms with Crippen LogP contribution >= 0.6 is 0 Å². The van der Waals surface area contributed by atoms with Gasteiger partial charge in [0.05, 0.1) is 0 Å². The number of hydrogen-bond acceptors (Lipinski definition) is 4. The molecule has 0 radical (unpaired) electrons. The third kappa shape index (κ3) is 3.90. The van der Waals surface area contributed by atoms with Crippen LogP contribution in [-0.2, 0) is 10.0 Å². The summed E-state index contributed by atoms with van der Waals surface area (Å²) in [5, 5.41) is 0. The molecule has 2 unspecified atom stereocenters. The average molecular weight is 320 g/mol. The second-order valence-electron chi connectivity index (χ2n) is 4.98. The van der Waals surface area contributed by atoms with Crippen molar-refractivity contribution in [1.82, 2.24) is 4.72 Å². The van der Waals surface area contributed by atoms with Crippen molar-refractivity contribution in [2.75, 3.05) is 6.54 Å². The van der Waals surface area contributed by atoms with Crippen LogP contribution < -0.4 is 15.2 Å². The Labute approximate surface area is 122 Å². The summed E-state index contributed by atoms with van der Waals surface area (Å²) < 4.78 is 56.3. The van der Waals surface area contributed by atoms with E-state index in [1.165, 1.54) is 24.3 Å². The summed E-state index contributed by atoms with van der Waals surface area (Å²) in [4.78, 5) is -0.284. The van der Waals surface area contributed by atoms with Gasteiger partial charge in [0, 0.05) is 6.04 Å². The standard InChI is InChI=1S/C13H18F2N2O3S/c14-13(15)20-11-6-1-2-7-12(11)21(18,19)17-10-5-3-4-9(10)8-16/h1-2,6-7,9-10,13,17H,3-5,8,16H2. The van der Waals surface area contributed by atoms with E-state index >= 15 is 0 Å². The zero-order chi connectivity index (χ0) is 15.5. The monoisotopic (exact) mass is 320 g/mol. The number of ether oxygens (including phenoxy) is 1. The van der Waals surface area contributed by atoms with E-state index < -0.39 is 16.6 Å². The second-order valence-corrected chi connectivity index (χ2v) is 6.66. The summed E-state index contributed by atoms with van der Waals surface area (Å²) in [5.74, 6) is -0.287. The van der Waals surface area contributed by atoms with Crippen molar-refractivity contribution < 1.29 is 21.9 Å². The van der Waals surface area contributed by atoms with E-state index in [0.717, 1.165) is 12.8 Å². The summed E-state index contributed by atoms with van der Waals surface area (Å²) in [6, 6.07) is 5.08. The SMILES string of the molecule is NCC1CCCC1NS(=O)(=O)c1ccccc1OC(F)F. The van der Waals surface area contributed by atoms with Crippen molar-refractivity contribution in [1.29, 1.82) is 0 Å². The molecule has 0 bridgehead atoms. The average Bonchev–Trinajstić information content (AvgIpc) is 2.85. The molecule has 21 heavy (non-hydrogen) atoms. The minimum absolute atomic E-state index is 0.0722. The number of halogens is 2. The normalized spacial score (nSPS) is 22.7. The van der Waals surface area contributed by atoms with Gasteiger partial charge in [0.2, 0.25) is 10.0 Å². The van der Waals surface area contributed by atoms with E-state index in [-0.39, 0.29) is 22.6 Å². The minimum atomic E-state index is -3.93. The molecule has 0 heterocycles. The maximum absolute atomic E-state index is 12.4. The minimum Gasteiger partial charge on any atom is -0.433 e. The van der Waals surface area contributed by atoms with Gasteiger partial charge in [-0.3, -0.25) is 0 Å². The zero-order valence-corrected chi connectivity index (χ0v) is 12.2. The maximum atomic E-state index is 12.4. The molecule has 1 fully saturated rings. The summed E-state index contributed by atoms with van der Waals surface area (Å²) in [6.07, 6.45) is 2.45. The quantitative estimate of drug-likeness (QED) is 0.836. The van der Waals surface area contributed by atoms with Crippen LogP contribution in [0.3, 0.4) is 0 Å². The molecule has 1 aromatic rings. The molecule has 3 N–H and O–H groups in total.